The van der Waals surface area contributed by atoms with Gasteiger partial charge < -0.3 is 0 Å². The maximum atomic E-state index is 2.30. The number of hydrogen-bond donors (Lipinski definition) is 0. The van der Waals surface area contributed by atoms with E-state index in [4.69, 9.17) is 0 Å². The van der Waals surface area contributed by atoms with Crippen LogP contribution in [0.1, 0.15) is 34.7 Å². The fraction of sp³-hybridized carbons (Fsp3) is 0.375. The Balaban J connectivity index is 2.14. The van der Waals surface area contributed by atoms with Gasteiger partial charge in [-0.15, -0.1) is 45.3 Å². The molecule has 4 heteroatoms. The topological polar surface area (TPSA) is 0 Å². The number of rotatable bonds is 2. The molecule has 0 saturated heterocycles. The summed E-state index contributed by atoms with van der Waals surface area (Å²) in [6.07, 6.45) is 2.33. The van der Waals surface area contributed by atoms with E-state index in [0.717, 1.165) is 12.8 Å². The van der Waals surface area contributed by atoms with Crippen LogP contribution in [0, 0.1) is 13.8 Å². The zero-order chi connectivity index (χ0) is 14.0. The van der Waals surface area contributed by atoms with Crippen LogP contribution in [0.15, 0.2) is 0 Å². The Bertz CT molecular complexity index is 864. The first kappa shape index (κ1) is 13.3. The molecule has 0 amide bonds. The minimum absolute atomic E-state index is 1.16. The van der Waals surface area contributed by atoms with Crippen LogP contribution in [0.2, 0.25) is 0 Å². The summed E-state index contributed by atoms with van der Waals surface area (Å²) in [5, 5.41) is 0. The highest BCUT2D eigenvalue weighted by Crippen LogP contribution is 2.52. The summed E-state index contributed by atoms with van der Waals surface area (Å²) in [6.45, 7) is 9.13. The van der Waals surface area contributed by atoms with E-state index < -0.39 is 0 Å². The van der Waals surface area contributed by atoms with Gasteiger partial charge in [-0.25, -0.2) is 0 Å². The lowest BCUT2D eigenvalue weighted by molar-refractivity contribution is 1.16. The highest BCUT2D eigenvalue weighted by Gasteiger charge is 2.20. The van der Waals surface area contributed by atoms with Crippen LogP contribution < -0.4 is 0 Å². The number of thiophene rings is 4. The van der Waals surface area contributed by atoms with Crippen molar-refractivity contribution in [2.45, 2.75) is 40.5 Å². The summed E-state index contributed by atoms with van der Waals surface area (Å²) in [5.41, 5.74) is 3.05. The van der Waals surface area contributed by atoms with Crippen LogP contribution in [0.4, 0.5) is 0 Å². The monoisotopic (exact) mass is 336 g/mol. The molecule has 0 saturated carbocycles. The van der Waals surface area contributed by atoms with Crippen molar-refractivity contribution in [3.8, 4) is 0 Å². The highest BCUT2D eigenvalue weighted by molar-refractivity contribution is 7.44. The van der Waals surface area contributed by atoms with Gasteiger partial charge >= 0.3 is 0 Å². The first-order chi connectivity index (χ1) is 9.65. The fourth-order valence-corrected chi connectivity index (χ4v) is 8.84. The maximum absolute atomic E-state index is 2.30. The first-order valence-corrected chi connectivity index (χ1v) is 10.3. The molecular weight excluding hydrogens is 320 g/mol. The molecule has 0 aliphatic rings. The SMILES string of the molecule is CCc1sc2c(sc3c4sc(CC)c(C)c4sc23)c1C. The lowest BCUT2D eigenvalue weighted by Gasteiger charge is -1.91. The molecule has 0 nitrogen and oxygen atoms in total. The van der Waals surface area contributed by atoms with Gasteiger partial charge in [-0.1, -0.05) is 13.8 Å². The molecule has 0 aliphatic heterocycles. The molecule has 0 spiro atoms. The Labute approximate surface area is 134 Å². The molecule has 0 atom stereocenters. The Morgan fingerprint density at radius 2 is 0.900 bits per heavy atom. The Kier molecular flexibility index (Phi) is 3.01. The quantitative estimate of drug-likeness (QED) is 0.365. The van der Waals surface area contributed by atoms with Gasteiger partial charge in [0.1, 0.15) is 0 Å². The van der Waals surface area contributed by atoms with Crippen molar-refractivity contribution >= 4 is 73.5 Å². The van der Waals surface area contributed by atoms with E-state index in [9.17, 15) is 0 Å². The van der Waals surface area contributed by atoms with E-state index in [0.29, 0.717) is 0 Å². The smallest absolute Gasteiger partial charge is 0.0650 e. The maximum Gasteiger partial charge on any atom is 0.0650 e. The van der Waals surface area contributed by atoms with Crippen molar-refractivity contribution < 1.29 is 0 Å². The van der Waals surface area contributed by atoms with Gasteiger partial charge in [0, 0.05) is 9.75 Å². The van der Waals surface area contributed by atoms with Crippen molar-refractivity contribution in [3.05, 3.63) is 20.9 Å². The van der Waals surface area contributed by atoms with Crippen LogP contribution in [0.25, 0.3) is 28.2 Å². The van der Waals surface area contributed by atoms with Crippen molar-refractivity contribution in [1.82, 2.24) is 0 Å². The predicted molar refractivity (Wildman–Crippen MR) is 98.7 cm³/mol. The number of hydrogen-bond acceptors (Lipinski definition) is 4. The van der Waals surface area contributed by atoms with Gasteiger partial charge in [0.25, 0.3) is 0 Å². The van der Waals surface area contributed by atoms with E-state index in [2.05, 4.69) is 27.7 Å². The van der Waals surface area contributed by atoms with Gasteiger partial charge in [0.2, 0.25) is 0 Å². The van der Waals surface area contributed by atoms with Crippen molar-refractivity contribution in [2.24, 2.45) is 0 Å². The van der Waals surface area contributed by atoms with Crippen molar-refractivity contribution in [3.63, 3.8) is 0 Å². The molecular formula is C16H16S4. The lowest BCUT2D eigenvalue weighted by Crippen LogP contribution is -1.74. The molecule has 0 fully saturated rings. The average Bonchev–Trinajstić information content (AvgIpc) is 3.12. The van der Waals surface area contributed by atoms with Crippen molar-refractivity contribution in [2.75, 3.05) is 0 Å². The summed E-state index contributed by atoms with van der Waals surface area (Å²) in [4.78, 5) is 3.13. The normalized spacial score (nSPS) is 12.4. The second-order valence-corrected chi connectivity index (χ2v) is 9.44. The summed E-state index contributed by atoms with van der Waals surface area (Å²) < 4.78 is 9.27. The molecule has 0 bridgehead atoms. The van der Waals surface area contributed by atoms with Crippen LogP contribution >= 0.6 is 45.3 Å². The molecule has 4 aromatic heterocycles. The third-order valence-corrected chi connectivity index (χ3v) is 10.3. The molecule has 4 rings (SSSR count). The van der Waals surface area contributed by atoms with Gasteiger partial charge in [0.05, 0.1) is 28.2 Å². The van der Waals surface area contributed by atoms with Crippen molar-refractivity contribution in [1.29, 1.82) is 0 Å². The zero-order valence-electron chi connectivity index (χ0n) is 12.0. The van der Waals surface area contributed by atoms with Crippen LogP contribution in [0.5, 0.6) is 0 Å². The second kappa shape index (κ2) is 4.54. The fourth-order valence-electron chi connectivity index (χ4n) is 2.90. The van der Waals surface area contributed by atoms with E-state index in [1.165, 1.54) is 11.1 Å². The minimum Gasteiger partial charge on any atom is -0.138 e. The van der Waals surface area contributed by atoms with Gasteiger partial charge in [-0.3, -0.25) is 0 Å². The standard InChI is InChI=1S/C16H16S4/c1-5-9-7(3)11-13(17-9)15-16(19-11)14-12(20-15)8(4)10(6-2)18-14/h5-6H2,1-4H3. The van der Waals surface area contributed by atoms with Gasteiger partial charge in [0.15, 0.2) is 0 Å². The summed E-state index contributed by atoms with van der Waals surface area (Å²) in [7, 11) is 0. The molecule has 104 valence electrons. The van der Waals surface area contributed by atoms with E-state index in [-0.39, 0.29) is 0 Å². The lowest BCUT2D eigenvalue weighted by atomic mass is 10.2. The predicted octanol–water partition coefficient (Wildman–Crippen LogP) is 7.13. The third kappa shape index (κ3) is 1.56. The summed E-state index contributed by atoms with van der Waals surface area (Å²) in [5.74, 6) is 0. The first-order valence-electron chi connectivity index (χ1n) is 7.00. The number of fused-ring (bicyclic) bond motifs is 5. The largest absolute Gasteiger partial charge is 0.138 e. The molecule has 0 aliphatic carbocycles. The van der Waals surface area contributed by atoms with E-state index in [1.807, 2.05) is 45.3 Å². The summed E-state index contributed by atoms with van der Waals surface area (Å²) in [6, 6.07) is 0. The molecule has 4 aromatic rings. The molecule has 0 unspecified atom stereocenters. The molecule has 20 heavy (non-hydrogen) atoms. The van der Waals surface area contributed by atoms with Crippen LogP contribution in [0.3, 0.4) is 0 Å². The molecule has 0 radical (unpaired) electrons. The Morgan fingerprint density at radius 1 is 0.550 bits per heavy atom. The number of aryl methyl sites for hydroxylation is 4. The Hall–Kier alpha value is -0.420. The van der Waals surface area contributed by atoms with Crippen LogP contribution in [-0.2, 0) is 12.8 Å². The molecule has 4 heterocycles. The second-order valence-electron chi connectivity index (χ2n) is 5.19. The molecule has 0 N–H and O–H groups in total. The van der Waals surface area contributed by atoms with Gasteiger partial charge in [-0.2, -0.15) is 0 Å². The highest BCUT2D eigenvalue weighted by atomic mass is 32.1. The van der Waals surface area contributed by atoms with Crippen LogP contribution in [-0.4, -0.2) is 0 Å². The summed E-state index contributed by atoms with van der Waals surface area (Å²) >= 11 is 8.09. The Morgan fingerprint density at radius 3 is 1.25 bits per heavy atom. The van der Waals surface area contributed by atoms with E-state index in [1.54, 1.807) is 38.0 Å². The average molecular weight is 337 g/mol. The minimum atomic E-state index is 1.16. The molecule has 0 aromatic carbocycles. The van der Waals surface area contributed by atoms with E-state index >= 15 is 0 Å². The van der Waals surface area contributed by atoms with Gasteiger partial charge in [-0.05, 0) is 37.8 Å². The zero-order valence-corrected chi connectivity index (χ0v) is 15.3. The third-order valence-electron chi connectivity index (χ3n) is 4.05.